The molecule has 0 amide bonds. The predicted molar refractivity (Wildman–Crippen MR) is 105 cm³/mol. The van der Waals surface area contributed by atoms with Gasteiger partial charge in [-0.3, -0.25) is 4.55 Å². The SMILES string of the molecule is CCCCCCCCCCCc1ccc2cc(S(=O)(=O)O)ccc2c1. The summed E-state index contributed by atoms with van der Waals surface area (Å²) in [6.45, 7) is 2.25. The van der Waals surface area contributed by atoms with Gasteiger partial charge in [0.25, 0.3) is 10.1 Å². The van der Waals surface area contributed by atoms with Crippen molar-refractivity contribution >= 4 is 20.9 Å². The smallest absolute Gasteiger partial charge is 0.282 e. The van der Waals surface area contributed by atoms with Gasteiger partial charge in [-0.25, -0.2) is 0 Å². The average Bonchev–Trinajstić information content (AvgIpc) is 2.59. The van der Waals surface area contributed by atoms with Crippen LogP contribution >= 0.6 is 0 Å². The molecule has 0 saturated heterocycles. The normalized spacial score (nSPS) is 11.9. The Morgan fingerprint density at radius 3 is 1.96 bits per heavy atom. The van der Waals surface area contributed by atoms with Crippen molar-refractivity contribution in [2.45, 2.75) is 76.0 Å². The van der Waals surface area contributed by atoms with E-state index in [1.165, 1.54) is 75.5 Å². The highest BCUT2D eigenvalue weighted by Crippen LogP contribution is 2.21. The van der Waals surface area contributed by atoms with Gasteiger partial charge in [0, 0.05) is 0 Å². The van der Waals surface area contributed by atoms with Gasteiger partial charge in [0.1, 0.15) is 0 Å². The van der Waals surface area contributed by atoms with Gasteiger partial charge in [0.05, 0.1) is 4.90 Å². The summed E-state index contributed by atoms with van der Waals surface area (Å²) in [7, 11) is -4.14. The molecule has 0 radical (unpaired) electrons. The lowest BCUT2D eigenvalue weighted by atomic mass is 10.0. The van der Waals surface area contributed by atoms with Crippen LogP contribution < -0.4 is 0 Å². The first-order valence-electron chi connectivity index (χ1n) is 9.51. The first kappa shape index (κ1) is 19.9. The zero-order valence-corrected chi connectivity index (χ0v) is 16.0. The zero-order chi connectivity index (χ0) is 18.1. The molecule has 138 valence electrons. The van der Waals surface area contributed by atoms with Gasteiger partial charge in [-0.2, -0.15) is 8.42 Å². The van der Waals surface area contributed by atoms with Crippen molar-refractivity contribution in [3.8, 4) is 0 Å². The maximum absolute atomic E-state index is 11.2. The maximum Gasteiger partial charge on any atom is 0.294 e. The highest BCUT2D eigenvalue weighted by atomic mass is 32.2. The van der Waals surface area contributed by atoms with Gasteiger partial charge < -0.3 is 0 Å². The molecule has 1 N–H and O–H groups in total. The lowest BCUT2D eigenvalue weighted by molar-refractivity contribution is 0.483. The number of unbranched alkanes of at least 4 members (excludes halogenated alkanes) is 8. The summed E-state index contributed by atoms with van der Waals surface area (Å²) in [4.78, 5) is -0.0494. The van der Waals surface area contributed by atoms with Crippen LogP contribution in [0.25, 0.3) is 10.8 Å². The second-order valence-corrected chi connectivity index (χ2v) is 8.32. The molecular formula is C21H30O3S. The highest BCUT2D eigenvalue weighted by molar-refractivity contribution is 7.85. The predicted octanol–water partition coefficient (Wildman–Crippen LogP) is 6.16. The standard InChI is InChI=1S/C21H30O3S/c1-2-3-4-5-6-7-8-9-10-11-18-12-13-20-17-21(25(22,23)24)15-14-19(20)16-18/h12-17H,2-11H2,1H3,(H,22,23,24). The fourth-order valence-electron chi connectivity index (χ4n) is 3.23. The van der Waals surface area contributed by atoms with E-state index < -0.39 is 10.1 Å². The molecule has 0 aliphatic heterocycles. The number of benzene rings is 2. The van der Waals surface area contributed by atoms with Crippen LogP contribution in [0, 0.1) is 0 Å². The minimum absolute atomic E-state index is 0.0494. The third-order valence-corrected chi connectivity index (χ3v) is 5.59. The molecule has 0 atom stereocenters. The summed E-state index contributed by atoms with van der Waals surface area (Å²) >= 11 is 0. The van der Waals surface area contributed by atoms with Gasteiger partial charge in [-0.1, -0.05) is 82.6 Å². The van der Waals surface area contributed by atoms with Crippen LogP contribution in [0.15, 0.2) is 41.3 Å². The Kier molecular flexibility index (Phi) is 7.91. The lowest BCUT2D eigenvalue weighted by Crippen LogP contribution is -1.97. The Morgan fingerprint density at radius 1 is 0.760 bits per heavy atom. The van der Waals surface area contributed by atoms with E-state index in [1.807, 2.05) is 6.07 Å². The molecule has 0 aliphatic rings. The highest BCUT2D eigenvalue weighted by Gasteiger charge is 2.09. The Balaban J connectivity index is 1.77. The van der Waals surface area contributed by atoms with Crippen molar-refractivity contribution in [1.29, 1.82) is 0 Å². The van der Waals surface area contributed by atoms with Crippen LogP contribution in [0.2, 0.25) is 0 Å². The molecule has 0 saturated carbocycles. The van der Waals surface area contributed by atoms with Crippen LogP contribution in [0.1, 0.15) is 70.3 Å². The minimum atomic E-state index is -4.14. The maximum atomic E-state index is 11.2. The fourth-order valence-corrected chi connectivity index (χ4v) is 3.74. The van der Waals surface area contributed by atoms with E-state index in [1.54, 1.807) is 6.07 Å². The largest absolute Gasteiger partial charge is 0.294 e. The second-order valence-electron chi connectivity index (χ2n) is 6.90. The van der Waals surface area contributed by atoms with Crippen LogP contribution in [0.4, 0.5) is 0 Å². The zero-order valence-electron chi connectivity index (χ0n) is 15.2. The first-order valence-corrected chi connectivity index (χ1v) is 10.9. The van der Waals surface area contributed by atoms with E-state index in [0.29, 0.717) is 0 Å². The van der Waals surface area contributed by atoms with Gasteiger partial charge in [-0.05, 0) is 41.3 Å². The number of hydrogen-bond donors (Lipinski definition) is 1. The Hall–Kier alpha value is -1.39. The van der Waals surface area contributed by atoms with E-state index in [-0.39, 0.29) is 4.90 Å². The lowest BCUT2D eigenvalue weighted by Gasteiger charge is -2.06. The van der Waals surface area contributed by atoms with Crippen molar-refractivity contribution in [2.75, 3.05) is 0 Å². The number of rotatable bonds is 11. The molecule has 0 aliphatic carbocycles. The number of aryl methyl sites for hydroxylation is 1. The molecule has 4 heteroatoms. The quantitative estimate of drug-likeness (QED) is 0.385. The number of hydrogen-bond acceptors (Lipinski definition) is 2. The van der Waals surface area contributed by atoms with E-state index >= 15 is 0 Å². The third-order valence-electron chi connectivity index (χ3n) is 4.74. The molecule has 0 aromatic heterocycles. The fraction of sp³-hybridized carbons (Fsp3) is 0.524. The van der Waals surface area contributed by atoms with Crippen LogP contribution in [-0.2, 0) is 16.5 Å². The topological polar surface area (TPSA) is 54.4 Å². The summed E-state index contributed by atoms with van der Waals surface area (Å²) in [6, 6.07) is 10.9. The van der Waals surface area contributed by atoms with Gasteiger partial charge in [-0.15, -0.1) is 0 Å². The van der Waals surface area contributed by atoms with Gasteiger partial charge in [0.15, 0.2) is 0 Å². The van der Waals surface area contributed by atoms with Gasteiger partial charge >= 0.3 is 0 Å². The summed E-state index contributed by atoms with van der Waals surface area (Å²) in [5, 5.41) is 1.85. The van der Waals surface area contributed by atoms with Crippen molar-refractivity contribution in [3.05, 3.63) is 42.0 Å². The summed E-state index contributed by atoms with van der Waals surface area (Å²) in [6.07, 6.45) is 13.0. The molecular weight excluding hydrogens is 332 g/mol. The van der Waals surface area contributed by atoms with Crippen LogP contribution in [0.3, 0.4) is 0 Å². The monoisotopic (exact) mass is 362 g/mol. The molecule has 2 rings (SSSR count). The minimum Gasteiger partial charge on any atom is -0.282 e. The molecule has 0 fully saturated rings. The summed E-state index contributed by atoms with van der Waals surface area (Å²) < 4.78 is 31.5. The Labute approximate surface area is 152 Å². The van der Waals surface area contributed by atoms with Crippen molar-refractivity contribution < 1.29 is 13.0 Å². The van der Waals surface area contributed by atoms with Crippen molar-refractivity contribution in [3.63, 3.8) is 0 Å². The summed E-state index contributed by atoms with van der Waals surface area (Å²) in [5.74, 6) is 0. The molecule has 25 heavy (non-hydrogen) atoms. The van der Waals surface area contributed by atoms with Crippen LogP contribution in [-0.4, -0.2) is 13.0 Å². The van der Waals surface area contributed by atoms with E-state index in [4.69, 9.17) is 4.55 Å². The third kappa shape index (κ3) is 6.79. The average molecular weight is 363 g/mol. The molecule has 2 aromatic rings. The van der Waals surface area contributed by atoms with Crippen LogP contribution in [0.5, 0.6) is 0 Å². The molecule has 2 aromatic carbocycles. The molecule has 3 nitrogen and oxygen atoms in total. The molecule has 0 bridgehead atoms. The van der Waals surface area contributed by atoms with Gasteiger partial charge in [0.2, 0.25) is 0 Å². The second kappa shape index (κ2) is 9.93. The Bertz CT molecular complexity index is 766. The van der Waals surface area contributed by atoms with E-state index in [9.17, 15) is 8.42 Å². The Morgan fingerprint density at radius 2 is 1.32 bits per heavy atom. The number of fused-ring (bicyclic) bond motifs is 1. The first-order chi connectivity index (χ1) is 12.0. The van der Waals surface area contributed by atoms with Crippen molar-refractivity contribution in [1.82, 2.24) is 0 Å². The van der Waals surface area contributed by atoms with E-state index in [0.717, 1.165) is 17.2 Å². The summed E-state index contributed by atoms with van der Waals surface area (Å²) in [5.41, 5.74) is 1.29. The van der Waals surface area contributed by atoms with Crippen molar-refractivity contribution in [2.24, 2.45) is 0 Å². The van der Waals surface area contributed by atoms with E-state index in [2.05, 4.69) is 19.1 Å². The molecule has 0 spiro atoms. The molecule has 0 unspecified atom stereocenters. The molecule has 0 heterocycles.